The standard InChI is InChI=1S/C19H20N6O2S/c1-13-11-16(26)22-18(21-13)24-20-12-15-17(14-5-3-2-4-6-14)23-19(28-15)25-7-9-27-10-8-25/h2-6,11-12H,7-10H2,1H3,(H2,21,22,24,26)/b20-12-. The molecule has 0 amide bonds. The summed E-state index contributed by atoms with van der Waals surface area (Å²) >= 11 is 1.58. The summed E-state index contributed by atoms with van der Waals surface area (Å²) in [7, 11) is 0. The summed E-state index contributed by atoms with van der Waals surface area (Å²) in [6.07, 6.45) is 1.71. The van der Waals surface area contributed by atoms with Crippen molar-refractivity contribution >= 4 is 28.6 Å². The first-order valence-electron chi connectivity index (χ1n) is 8.95. The number of aromatic nitrogens is 3. The van der Waals surface area contributed by atoms with Gasteiger partial charge in [-0.3, -0.25) is 9.78 Å². The molecule has 3 heterocycles. The zero-order chi connectivity index (χ0) is 19.3. The van der Waals surface area contributed by atoms with E-state index >= 15 is 0 Å². The number of thiazole rings is 1. The van der Waals surface area contributed by atoms with Crippen molar-refractivity contribution in [1.82, 2.24) is 15.0 Å². The van der Waals surface area contributed by atoms with Crippen LogP contribution in [-0.4, -0.2) is 47.5 Å². The first-order valence-corrected chi connectivity index (χ1v) is 9.77. The largest absolute Gasteiger partial charge is 0.378 e. The number of nitrogens with zero attached hydrogens (tertiary/aromatic N) is 4. The molecule has 8 nitrogen and oxygen atoms in total. The number of ether oxygens (including phenoxy) is 1. The fourth-order valence-corrected chi connectivity index (χ4v) is 3.90. The van der Waals surface area contributed by atoms with Crippen LogP contribution in [0.3, 0.4) is 0 Å². The maximum atomic E-state index is 11.6. The van der Waals surface area contributed by atoms with E-state index < -0.39 is 0 Å². The lowest BCUT2D eigenvalue weighted by atomic mass is 10.1. The number of hydrogen-bond acceptors (Lipinski definition) is 8. The summed E-state index contributed by atoms with van der Waals surface area (Å²) < 4.78 is 5.44. The summed E-state index contributed by atoms with van der Waals surface area (Å²) in [5.41, 5.74) is 5.10. The van der Waals surface area contributed by atoms with Crippen LogP contribution in [0.2, 0.25) is 0 Å². The Labute approximate surface area is 165 Å². The zero-order valence-electron chi connectivity index (χ0n) is 15.4. The minimum atomic E-state index is -0.220. The van der Waals surface area contributed by atoms with E-state index in [1.54, 1.807) is 24.5 Å². The molecule has 3 aromatic rings. The second kappa shape index (κ2) is 8.32. The third-order valence-corrected chi connectivity index (χ3v) is 5.24. The van der Waals surface area contributed by atoms with Crippen LogP contribution in [0.4, 0.5) is 11.1 Å². The highest BCUT2D eigenvalue weighted by molar-refractivity contribution is 7.17. The lowest BCUT2D eigenvalue weighted by Crippen LogP contribution is -2.36. The molecule has 2 aromatic heterocycles. The second-order valence-corrected chi connectivity index (χ2v) is 7.29. The predicted octanol–water partition coefficient (Wildman–Crippen LogP) is 2.48. The number of morpholine rings is 1. The Morgan fingerprint density at radius 3 is 2.79 bits per heavy atom. The number of nitrogens with one attached hydrogen (secondary N) is 2. The van der Waals surface area contributed by atoms with Gasteiger partial charge in [-0.25, -0.2) is 15.4 Å². The molecule has 28 heavy (non-hydrogen) atoms. The number of benzene rings is 1. The summed E-state index contributed by atoms with van der Waals surface area (Å²) in [5, 5.41) is 5.21. The Kier molecular flexibility index (Phi) is 5.45. The first kappa shape index (κ1) is 18.3. The summed E-state index contributed by atoms with van der Waals surface area (Å²) in [4.78, 5) is 26.4. The van der Waals surface area contributed by atoms with Crippen LogP contribution in [0.25, 0.3) is 11.3 Å². The summed E-state index contributed by atoms with van der Waals surface area (Å²) in [6.45, 7) is 4.82. The quantitative estimate of drug-likeness (QED) is 0.508. The predicted molar refractivity (Wildman–Crippen MR) is 111 cm³/mol. The van der Waals surface area contributed by atoms with Crippen molar-refractivity contribution in [2.45, 2.75) is 6.92 Å². The van der Waals surface area contributed by atoms with Crippen LogP contribution in [0.15, 0.2) is 46.3 Å². The number of aryl methyl sites for hydroxylation is 1. The van der Waals surface area contributed by atoms with Crippen LogP contribution in [0, 0.1) is 6.92 Å². The molecule has 1 saturated heterocycles. The number of H-pyrrole nitrogens is 1. The highest BCUT2D eigenvalue weighted by Crippen LogP contribution is 2.32. The maximum Gasteiger partial charge on any atom is 0.252 e. The van der Waals surface area contributed by atoms with Crippen molar-refractivity contribution in [3.8, 4) is 11.3 Å². The molecular weight excluding hydrogens is 376 g/mol. The Bertz CT molecular complexity index is 1020. The molecule has 0 radical (unpaired) electrons. The Balaban J connectivity index is 1.62. The van der Waals surface area contributed by atoms with E-state index in [1.807, 2.05) is 30.3 Å². The maximum absolute atomic E-state index is 11.6. The summed E-state index contributed by atoms with van der Waals surface area (Å²) in [5.74, 6) is 0.306. The van der Waals surface area contributed by atoms with Gasteiger partial charge in [-0.15, -0.1) is 0 Å². The van der Waals surface area contributed by atoms with Crippen LogP contribution in [0.1, 0.15) is 10.6 Å². The van der Waals surface area contributed by atoms with E-state index in [1.165, 1.54) is 6.07 Å². The normalized spacial score (nSPS) is 14.5. The van der Waals surface area contributed by atoms with E-state index in [-0.39, 0.29) is 5.56 Å². The molecule has 1 aromatic carbocycles. The van der Waals surface area contributed by atoms with Crippen molar-refractivity contribution in [3.63, 3.8) is 0 Å². The SMILES string of the molecule is Cc1cc(=O)[nH]c(N/N=C\c2sc(N3CCOCC3)nc2-c2ccccc2)n1. The molecular formula is C19H20N6O2S. The smallest absolute Gasteiger partial charge is 0.252 e. The van der Waals surface area contributed by atoms with Gasteiger partial charge < -0.3 is 9.64 Å². The van der Waals surface area contributed by atoms with E-state index in [9.17, 15) is 4.79 Å². The molecule has 1 aliphatic rings. The van der Waals surface area contributed by atoms with Gasteiger partial charge in [0.05, 0.1) is 30.0 Å². The molecule has 0 unspecified atom stereocenters. The average Bonchev–Trinajstić information content (AvgIpc) is 3.13. The third kappa shape index (κ3) is 4.26. The molecule has 4 rings (SSSR count). The van der Waals surface area contributed by atoms with E-state index in [0.29, 0.717) is 24.9 Å². The van der Waals surface area contributed by atoms with Crippen molar-refractivity contribution in [1.29, 1.82) is 0 Å². The Hall–Kier alpha value is -3.04. The number of anilines is 2. The van der Waals surface area contributed by atoms with Gasteiger partial charge in [0.1, 0.15) is 0 Å². The molecule has 9 heteroatoms. The molecule has 0 bridgehead atoms. The lowest BCUT2D eigenvalue weighted by Gasteiger charge is -2.26. The van der Waals surface area contributed by atoms with Crippen molar-refractivity contribution in [2.24, 2.45) is 5.10 Å². The van der Waals surface area contributed by atoms with Gasteiger partial charge in [0.25, 0.3) is 5.56 Å². The topological polar surface area (TPSA) is 95.5 Å². The van der Waals surface area contributed by atoms with E-state index in [4.69, 9.17) is 9.72 Å². The Morgan fingerprint density at radius 2 is 2.04 bits per heavy atom. The fourth-order valence-electron chi connectivity index (χ4n) is 2.88. The molecule has 1 aliphatic heterocycles. The molecule has 2 N–H and O–H groups in total. The zero-order valence-corrected chi connectivity index (χ0v) is 16.2. The fraction of sp³-hybridized carbons (Fsp3) is 0.263. The number of aromatic amines is 1. The van der Waals surface area contributed by atoms with Crippen molar-refractivity contribution in [3.05, 3.63) is 57.3 Å². The lowest BCUT2D eigenvalue weighted by molar-refractivity contribution is 0.122. The van der Waals surface area contributed by atoms with Crippen LogP contribution < -0.4 is 15.9 Å². The number of hydrazone groups is 1. The highest BCUT2D eigenvalue weighted by atomic mass is 32.1. The molecule has 144 valence electrons. The van der Waals surface area contributed by atoms with Crippen molar-refractivity contribution < 1.29 is 4.74 Å². The number of rotatable bonds is 5. The van der Waals surface area contributed by atoms with Gasteiger partial charge in [0.2, 0.25) is 5.95 Å². The van der Waals surface area contributed by atoms with Crippen molar-refractivity contribution in [2.75, 3.05) is 36.6 Å². The second-order valence-electron chi connectivity index (χ2n) is 6.28. The highest BCUT2D eigenvalue weighted by Gasteiger charge is 2.18. The summed E-state index contributed by atoms with van der Waals surface area (Å²) in [6, 6.07) is 11.5. The molecule has 0 saturated carbocycles. The minimum absolute atomic E-state index is 0.220. The third-order valence-electron chi connectivity index (χ3n) is 4.19. The molecule has 0 aliphatic carbocycles. The minimum Gasteiger partial charge on any atom is -0.378 e. The molecule has 0 atom stereocenters. The van der Waals surface area contributed by atoms with E-state index in [0.717, 1.165) is 34.4 Å². The van der Waals surface area contributed by atoms with Crippen LogP contribution in [-0.2, 0) is 4.74 Å². The number of hydrogen-bond donors (Lipinski definition) is 2. The molecule has 0 spiro atoms. The van der Waals surface area contributed by atoms with Crippen LogP contribution >= 0.6 is 11.3 Å². The van der Waals surface area contributed by atoms with Gasteiger partial charge in [-0.1, -0.05) is 41.7 Å². The Morgan fingerprint density at radius 1 is 1.25 bits per heavy atom. The van der Waals surface area contributed by atoms with Gasteiger partial charge in [0.15, 0.2) is 5.13 Å². The van der Waals surface area contributed by atoms with Crippen LogP contribution in [0.5, 0.6) is 0 Å². The van der Waals surface area contributed by atoms with Gasteiger partial charge >= 0.3 is 0 Å². The average molecular weight is 396 g/mol. The van der Waals surface area contributed by atoms with Gasteiger partial charge in [0, 0.05) is 30.4 Å². The van der Waals surface area contributed by atoms with Gasteiger partial charge in [-0.2, -0.15) is 5.10 Å². The van der Waals surface area contributed by atoms with E-state index in [2.05, 4.69) is 25.4 Å². The molecule has 1 fully saturated rings. The van der Waals surface area contributed by atoms with Gasteiger partial charge in [-0.05, 0) is 6.92 Å². The first-order chi connectivity index (χ1) is 13.7. The monoisotopic (exact) mass is 396 g/mol.